The molecule has 1 unspecified atom stereocenters. The minimum Gasteiger partial charge on any atom is -0.378 e. The Hall–Kier alpha value is -3.41. The van der Waals surface area contributed by atoms with E-state index >= 15 is 0 Å². The number of anilines is 4. The molecule has 0 aliphatic carbocycles. The van der Waals surface area contributed by atoms with Crippen molar-refractivity contribution in [2.75, 3.05) is 29.2 Å². The van der Waals surface area contributed by atoms with Gasteiger partial charge in [-0.3, -0.25) is 4.79 Å². The number of hydrogen-bond donors (Lipinski definition) is 1. The highest BCUT2D eigenvalue weighted by molar-refractivity contribution is 6.04. The monoisotopic (exact) mass is 373 g/mol. The molecular formula is C22H23N5O. The molecule has 0 spiro atoms. The van der Waals surface area contributed by atoms with Gasteiger partial charge >= 0.3 is 0 Å². The fraction of sp³-hybridized carbons (Fsp3) is 0.227. The average molecular weight is 373 g/mol. The molecule has 0 fully saturated rings. The van der Waals surface area contributed by atoms with Gasteiger partial charge in [0.1, 0.15) is 0 Å². The predicted octanol–water partition coefficient (Wildman–Crippen LogP) is 3.88. The van der Waals surface area contributed by atoms with Gasteiger partial charge in [-0.05, 0) is 49.2 Å². The maximum Gasteiger partial charge on any atom is 0.258 e. The number of carbonyl (C=O) groups is 1. The van der Waals surface area contributed by atoms with E-state index in [0.29, 0.717) is 11.5 Å². The molecule has 0 radical (unpaired) electrons. The van der Waals surface area contributed by atoms with Crippen molar-refractivity contribution < 1.29 is 4.79 Å². The van der Waals surface area contributed by atoms with Crippen LogP contribution in [-0.4, -0.2) is 36.0 Å². The first kappa shape index (κ1) is 18.0. The van der Waals surface area contributed by atoms with Crippen molar-refractivity contribution in [3.8, 4) is 0 Å². The van der Waals surface area contributed by atoms with Gasteiger partial charge < -0.3 is 15.1 Å². The SMILES string of the molecule is CC1Cc2ccccc2N1c1ncc(C(=O)Nc2ccc(N(C)C)cc2)cn1. The number of nitrogens with one attached hydrogen (secondary N) is 1. The molecule has 6 heteroatoms. The van der Waals surface area contributed by atoms with Gasteiger partial charge in [-0.2, -0.15) is 0 Å². The molecule has 0 bridgehead atoms. The number of benzene rings is 2. The van der Waals surface area contributed by atoms with E-state index < -0.39 is 0 Å². The molecule has 1 aliphatic rings. The topological polar surface area (TPSA) is 61.4 Å². The number of rotatable bonds is 4. The Kier molecular flexibility index (Phi) is 4.69. The second-order valence-electron chi connectivity index (χ2n) is 7.22. The molecule has 6 nitrogen and oxygen atoms in total. The highest BCUT2D eigenvalue weighted by Gasteiger charge is 2.28. The van der Waals surface area contributed by atoms with Crippen LogP contribution in [0.5, 0.6) is 0 Å². The standard InChI is InChI=1S/C22H23N5O/c1-15-12-16-6-4-5-7-20(16)27(15)22-23-13-17(14-24-22)21(28)25-18-8-10-19(11-9-18)26(2)3/h4-11,13-15H,12H2,1-3H3,(H,25,28). The van der Waals surface area contributed by atoms with E-state index in [0.717, 1.165) is 23.5 Å². The first-order valence-corrected chi connectivity index (χ1v) is 9.31. The van der Waals surface area contributed by atoms with E-state index in [9.17, 15) is 4.79 Å². The summed E-state index contributed by atoms with van der Waals surface area (Å²) in [4.78, 5) is 25.6. The Balaban J connectivity index is 1.49. The third-order valence-corrected chi connectivity index (χ3v) is 4.96. The van der Waals surface area contributed by atoms with Crippen LogP contribution in [0.25, 0.3) is 0 Å². The fourth-order valence-electron chi connectivity index (χ4n) is 3.48. The van der Waals surface area contributed by atoms with Gasteiger partial charge in [-0.15, -0.1) is 0 Å². The van der Waals surface area contributed by atoms with Crippen molar-refractivity contribution in [2.24, 2.45) is 0 Å². The molecule has 2 aromatic carbocycles. The lowest BCUT2D eigenvalue weighted by atomic mass is 10.1. The molecule has 3 aromatic rings. The van der Waals surface area contributed by atoms with Crippen molar-refractivity contribution >= 4 is 28.9 Å². The summed E-state index contributed by atoms with van der Waals surface area (Å²) in [5, 5.41) is 2.89. The Morgan fingerprint density at radius 2 is 1.75 bits per heavy atom. The highest BCUT2D eigenvalue weighted by Crippen LogP contribution is 2.36. The van der Waals surface area contributed by atoms with Gasteiger partial charge in [0.15, 0.2) is 0 Å². The van der Waals surface area contributed by atoms with E-state index in [4.69, 9.17) is 0 Å². The number of carbonyl (C=O) groups excluding carboxylic acids is 1. The lowest BCUT2D eigenvalue weighted by molar-refractivity contribution is 0.102. The van der Waals surface area contributed by atoms with E-state index in [1.807, 2.05) is 49.3 Å². The van der Waals surface area contributed by atoms with Crippen LogP contribution in [0.15, 0.2) is 60.9 Å². The lowest BCUT2D eigenvalue weighted by Crippen LogP contribution is -2.26. The Bertz CT molecular complexity index is 983. The van der Waals surface area contributed by atoms with Crippen LogP contribution in [0, 0.1) is 0 Å². The minimum absolute atomic E-state index is 0.223. The Morgan fingerprint density at radius 1 is 1.07 bits per heavy atom. The summed E-state index contributed by atoms with van der Waals surface area (Å²) in [5.41, 5.74) is 4.67. The zero-order valence-electron chi connectivity index (χ0n) is 16.3. The number of nitrogens with zero attached hydrogens (tertiary/aromatic N) is 4. The van der Waals surface area contributed by atoms with Crippen molar-refractivity contribution in [3.05, 3.63) is 72.1 Å². The molecule has 0 saturated heterocycles. The molecule has 1 amide bonds. The molecular weight excluding hydrogens is 350 g/mol. The largest absolute Gasteiger partial charge is 0.378 e. The molecule has 28 heavy (non-hydrogen) atoms. The van der Waals surface area contributed by atoms with Crippen LogP contribution in [-0.2, 0) is 6.42 Å². The summed E-state index contributed by atoms with van der Waals surface area (Å²) in [5.74, 6) is 0.392. The molecule has 4 rings (SSSR count). The number of amides is 1. The lowest BCUT2D eigenvalue weighted by Gasteiger charge is -2.22. The van der Waals surface area contributed by atoms with Crippen LogP contribution in [0.2, 0.25) is 0 Å². The molecule has 1 atom stereocenters. The van der Waals surface area contributed by atoms with Crippen molar-refractivity contribution in [1.29, 1.82) is 0 Å². The van der Waals surface area contributed by atoms with Gasteiger partial charge in [-0.1, -0.05) is 18.2 Å². The number of aromatic nitrogens is 2. The van der Waals surface area contributed by atoms with Crippen LogP contribution in [0.1, 0.15) is 22.8 Å². The maximum atomic E-state index is 12.5. The van der Waals surface area contributed by atoms with Gasteiger partial charge in [0, 0.05) is 49.6 Å². The number of hydrogen-bond acceptors (Lipinski definition) is 5. The zero-order chi connectivity index (χ0) is 19.7. The van der Waals surface area contributed by atoms with E-state index in [1.54, 1.807) is 12.4 Å². The van der Waals surface area contributed by atoms with Crippen LogP contribution in [0.4, 0.5) is 23.0 Å². The Morgan fingerprint density at radius 3 is 2.43 bits per heavy atom. The van der Waals surface area contributed by atoms with Crippen molar-refractivity contribution in [3.63, 3.8) is 0 Å². The molecule has 1 aliphatic heterocycles. The van der Waals surface area contributed by atoms with E-state index in [-0.39, 0.29) is 11.9 Å². The first-order chi connectivity index (χ1) is 13.5. The highest BCUT2D eigenvalue weighted by atomic mass is 16.1. The van der Waals surface area contributed by atoms with Gasteiger partial charge in [0.05, 0.1) is 5.56 Å². The predicted molar refractivity (Wildman–Crippen MR) is 113 cm³/mol. The van der Waals surface area contributed by atoms with Crippen LogP contribution >= 0.6 is 0 Å². The van der Waals surface area contributed by atoms with E-state index in [2.05, 4.69) is 45.3 Å². The number of para-hydroxylation sites is 1. The molecule has 0 saturated carbocycles. The molecule has 1 aromatic heterocycles. The first-order valence-electron chi connectivity index (χ1n) is 9.31. The smallest absolute Gasteiger partial charge is 0.258 e. The summed E-state index contributed by atoms with van der Waals surface area (Å²) >= 11 is 0. The van der Waals surface area contributed by atoms with Gasteiger partial charge in [-0.25, -0.2) is 9.97 Å². The maximum absolute atomic E-state index is 12.5. The van der Waals surface area contributed by atoms with Crippen molar-refractivity contribution in [2.45, 2.75) is 19.4 Å². The van der Waals surface area contributed by atoms with Gasteiger partial charge in [0.25, 0.3) is 5.91 Å². The quantitative estimate of drug-likeness (QED) is 0.752. The summed E-state index contributed by atoms with van der Waals surface area (Å²) in [6.45, 7) is 2.15. The third kappa shape index (κ3) is 3.41. The second-order valence-corrected chi connectivity index (χ2v) is 7.22. The van der Waals surface area contributed by atoms with Crippen LogP contribution in [0.3, 0.4) is 0 Å². The molecule has 2 heterocycles. The summed E-state index contributed by atoms with van der Waals surface area (Å²) in [6.07, 6.45) is 4.13. The molecule has 142 valence electrons. The summed E-state index contributed by atoms with van der Waals surface area (Å²) in [6, 6.07) is 16.3. The third-order valence-electron chi connectivity index (χ3n) is 4.96. The Labute approximate surface area is 164 Å². The zero-order valence-corrected chi connectivity index (χ0v) is 16.3. The summed E-state index contributed by atoms with van der Waals surface area (Å²) < 4.78 is 0. The fourth-order valence-corrected chi connectivity index (χ4v) is 3.48. The normalized spacial score (nSPS) is 15.2. The summed E-state index contributed by atoms with van der Waals surface area (Å²) in [7, 11) is 3.96. The second kappa shape index (κ2) is 7.31. The molecule has 1 N–H and O–H groups in total. The number of fused-ring (bicyclic) bond motifs is 1. The average Bonchev–Trinajstić information content (AvgIpc) is 3.04. The minimum atomic E-state index is -0.223. The van der Waals surface area contributed by atoms with E-state index in [1.165, 1.54) is 5.56 Å². The van der Waals surface area contributed by atoms with Gasteiger partial charge in [0.2, 0.25) is 5.95 Å². The van der Waals surface area contributed by atoms with Crippen LogP contribution < -0.4 is 15.1 Å². The van der Waals surface area contributed by atoms with Crippen molar-refractivity contribution in [1.82, 2.24) is 9.97 Å².